The SMILES string of the molecule is C=C(O)Cc1coc(-c2cc(OC)cc(C(F)(F)F)c2)n1. The van der Waals surface area contributed by atoms with Gasteiger partial charge in [0, 0.05) is 12.0 Å². The second kappa shape index (κ2) is 5.51. The van der Waals surface area contributed by atoms with Gasteiger partial charge in [0.15, 0.2) is 0 Å². The molecule has 7 heteroatoms. The van der Waals surface area contributed by atoms with Gasteiger partial charge in [0.1, 0.15) is 12.0 Å². The van der Waals surface area contributed by atoms with E-state index in [1.807, 2.05) is 0 Å². The summed E-state index contributed by atoms with van der Waals surface area (Å²) >= 11 is 0. The van der Waals surface area contributed by atoms with E-state index in [4.69, 9.17) is 14.3 Å². The van der Waals surface area contributed by atoms with Gasteiger partial charge in [-0.25, -0.2) is 4.98 Å². The molecule has 1 aromatic carbocycles. The lowest BCUT2D eigenvalue weighted by Gasteiger charge is -2.10. The number of allylic oxidation sites excluding steroid dienone is 1. The van der Waals surface area contributed by atoms with E-state index in [0.717, 1.165) is 12.1 Å². The Morgan fingerprint density at radius 2 is 2.10 bits per heavy atom. The monoisotopic (exact) mass is 299 g/mol. The van der Waals surface area contributed by atoms with E-state index in [-0.39, 0.29) is 29.4 Å². The number of hydrogen-bond donors (Lipinski definition) is 1. The van der Waals surface area contributed by atoms with Gasteiger partial charge in [-0.3, -0.25) is 0 Å². The molecule has 0 aliphatic rings. The molecule has 2 rings (SSSR count). The van der Waals surface area contributed by atoms with Crippen LogP contribution in [0.4, 0.5) is 13.2 Å². The molecular formula is C14H12F3NO3. The molecule has 1 aromatic heterocycles. The first-order valence-electron chi connectivity index (χ1n) is 5.87. The molecule has 1 heterocycles. The summed E-state index contributed by atoms with van der Waals surface area (Å²) in [6, 6.07) is 3.20. The molecule has 112 valence electrons. The van der Waals surface area contributed by atoms with Crippen LogP contribution in [-0.2, 0) is 12.6 Å². The summed E-state index contributed by atoms with van der Waals surface area (Å²) in [7, 11) is 1.27. The molecule has 0 atom stereocenters. The number of hydrogen-bond acceptors (Lipinski definition) is 4. The summed E-state index contributed by atoms with van der Waals surface area (Å²) in [5.74, 6) is -0.0572. The Bertz CT molecular complexity index is 662. The first-order valence-corrected chi connectivity index (χ1v) is 5.87. The molecule has 0 bridgehead atoms. The fourth-order valence-corrected chi connectivity index (χ4v) is 1.73. The molecule has 21 heavy (non-hydrogen) atoms. The second-order valence-electron chi connectivity index (χ2n) is 4.33. The Kier molecular flexibility index (Phi) is 3.93. The van der Waals surface area contributed by atoms with Crippen LogP contribution in [0.25, 0.3) is 11.5 Å². The molecule has 0 unspecified atom stereocenters. The van der Waals surface area contributed by atoms with E-state index in [0.29, 0.717) is 5.69 Å². The summed E-state index contributed by atoms with van der Waals surface area (Å²) in [5.41, 5.74) is -0.353. The number of alkyl halides is 3. The van der Waals surface area contributed by atoms with Crippen molar-refractivity contribution < 1.29 is 27.4 Å². The molecular weight excluding hydrogens is 287 g/mol. The zero-order chi connectivity index (χ0) is 15.6. The van der Waals surface area contributed by atoms with Crippen LogP contribution in [0.1, 0.15) is 11.3 Å². The highest BCUT2D eigenvalue weighted by Gasteiger charge is 2.32. The van der Waals surface area contributed by atoms with Crippen LogP contribution in [0, 0.1) is 0 Å². The van der Waals surface area contributed by atoms with Crippen molar-refractivity contribution in [1.29, 1.82) is 0 Å². The topological polar surface area (TPSA) is 55.5 Å². The number of ether oxygens (including phenoxy) is 1. The van der Waals surface area contributed by atoms with Gasteiger partial charge in [-0.1, -0.05) is 6.58 Å². The summed E-state index contributed by atoms with van der Waals surface area (Å²) in [6.07, 6.45) is -3.18. The third-order valence-corrected chi connectivity index (χ3v) is 2.65. The molecule has 0 saturated carbocycles. The van der Waals surface area contributed by atoms with Gasteiger partial charge < -0.3 is 14.3 Å². The van der Waals surface area contributed by atoms with Gasteiger partial charge in [0.05, 0.1) is 24.1 Å². The smallest absolute Gasteiger partial charge is 0.416 e. The summed E-state index contributed by atoms with van der Waals surface area (Å²) in [4.78, 5) is 4.01. The fourth-order valence-electron chi connectivity index (χ4n) is 1.73. The maximum atomic E-state index is 12.8. The zero-order valence-electron chi connectivity index (χ0n) is 11.1. The molecule has 0 saturated heterocycles. The van der Waals surface area contributed by atoms with E-state index in [2.05, 4.69) is 11.6 Å². The van der Waals surface area contributed by atoms with Gasteiger partial charge in [0.25, 0.3) is 0 Å². The van der Waals surface area contributed by atoms with E-state index in [9.17, 15) is 13.2 Å². The number of methoxy groups -OCH3 is 1. The van der Waals surface area contributed by atoms with Crippen LogP contribution in [0.15, 0.2) is 41.2 Å². The number of aliphatic hydroxyl groups is 1. The number of aliphatic hydroxyl groups excluding tert-OH is 1. The van der Waals surface area contributed by atoms with Gasteiger partial charge in [-0.2, -0.15) is 13.2 Å². The van der Waals surface area contributed by atoms with Crippen molar-refractivity contribution in [2.75, 3.05) is 7.11 Å². The van der Waals surface area contributed by atoms with Gasteiger partial charge >= 0.3 is 6.18 Å². The molecule has 0 aliphatic heterocycles. The highest BCUT2D eigenvalue weighted by Crippen LogP contribution is 2.35. The first kappa shape index (κ1) is 15.0. The van der Waals surface area contributed by atoms with E-state index < -0.39 is 11.7 Å². The first-order chi connectivity index (χ1) is 9.79. The second-order valence-corrected chi connectivity index (χ2v) is 4.33. The van der Waals surface area contributed by atoms with Crippen LogP contribution in [-0.4, -0.2) is 17.2 Å². The van der Waals surface area contributed by atoms with Crippen LogP contribution >= 0.6 is 0 Å². The number of halogens is 3. The fraction of sp³-hybridized carbons (Fsp3) is 0.214. The molecule has 0 spiro atoms. The van der Waals surface area contributed by atoms with Crippen molar-refractivity contribution in [2.24, 2.45) is 0 Å². The molecule has 0 amide bonds. The molecule has 0 radical (unpaired) electrons. The van der Waals surface area contributed by atoms with Crippen molar-refractivity contribution >= 4 is 0 Å². The lowest BCUT2D eigenvalue weighted by atomic mass is 10.1. The van der Waals surface area contributed by atoms with Crippen LogP contribution < -0.4 is 4.74 Å². The number of nitrogens with zero attached hydrogens (tertiary/aromatic N) is 1. The molecule has 1 N–H and O–H groups in total. The highest BCUT2D eigenvalue weighted by atomic mass is 19.4. The van der Waals surface area contributed by atoms with Crippen molar-refractivity contribution in [2.45, 2.75) is 12.6 Å². The predicted octanol–water partition coefficient (Wildman–Crippen LogP) is 3.98. The third-order valence-electron chi connectivity index (χ3n) is 2.65. The van der Waals surface area contributed by atoms with Crippen molar-refractivity contribution in [3.63, 3.8) is 0 Å². The van der Waals surface area contributed by atoms with Crippen LogP contribution in [0.2, 0.25) is 0 Å². The maximum Gasteiger partial charge on any atom is 0.416 e. The standard InChI is InChI=1S/C14H12F3NO3/c1-8(19)3-11-7-21-13(18-11)9-4-10(14(15,16)17)6-12(5-9)20-2/h4-7,19H,1,3H2,2H3. The number of rotatable bonds is 4. The third kappa shape index (κ3) is 3.56. The Morgan fingerprint density at radius 1 is 1.38 bits per heavy atom. The minimum absolute atomic E-state index is 0.00986. The molecule has 2 aromatic rings. The normalized spacial score (nSPS) is 11.4. The molecule has 0 fully saturated rings. The lowest BCUT2D eigenvalue weighted by molar-refractivity contribution is -0.137. The van der Waals surface area contributed by atoms with Gasteiger partial charge in [-0.15, -0.1) is 0 Å². The average molecular weight is 299 g/mol. The average Bonchev–Trinajstić information content (AvgIpc) is 2.84. The minimum atomic E-state index is -4.50. The van der Waals surface area contributed by atoms with Crippen molar-refractivity contribution in [3.8, 4) is 17.2 Å². The summed E-state index contributed by atoms with van der Waals surface area (Å²) in [6.45, 7) is 3.31. The predicted molar refractivity (Wildman–Crippen MR) is 69.0 cm³/mol. The Hall–Kier alpha value is -2.44. The quantitative estimate of drug-likeness (QED) is 0.867. The highest BCUT2D eigenvalue weighted by molar-refractivity contribution is 5.58. The van der Waals surface area contributed by atoms with E-state index >= 15 is 0 Å². The van der Waals surface area contributed by atoms with Gasteiger partial charge in [-0.05, 0) is 18.2 Å². The Balaban J connectivity index is 2.43. The summed E-state index contributed by atoms with van der Waals surface area (Å²) < 4.78 is 48.5. The van der Waals surface area contributed by atoms with Crippen molar-refractivity contribution in [1.82, 2.24) is 4.98 Å². The Labute approximate surface area is 118 Å². The number of benzene rings is 1. The maximum absolute atomic E-state index is 12.8. The number of aromatic nitrogens is 1. The van der Waals surface area contributed by atoms with Crippen LogP contribution in [0.5, 0.6) is 5.75 Å². The van der Waals surface area contributed by atoms with Crippen molar-refractivity contribution in [3.05, 3.63) is 48.1 Å². The number of oxazole rings is 1. The van der Waals surface area contributed by atoms with E-state index in [1.165, 1.54) is 19.4 Å². The molecule has 4 nitrogen and oxygen atoms in total. The summed E-state index contributed by atoms with van der Waals surface area (Å²) in [5, 5.41) is 9.07. The van der Waals surface area contributed by atoms with Crippen LogP contribution in [0.3, 0.4) is 0 Å². The largest absolute Gasteiger partial charge is 0.513 e. The minimum Gasteiger partial charge on any atom is -0.513 e. The Morgan fingerprint density at radius 3 is 2.67 bits per heavy atom. The van der Waals surface area contributed by atoms with Gasteiger partial charge in [0.2, 0.25) is 5.89 Å². The zero-order valence-corrected chi connectivity index (χ0v) is 11.1. The molecule has 0 aliphatic carbocycles. The van der Waals surface area contributed by atoms with E-state index in [1.54, 1.807) is 0 Å². The lowest BCUT2D eigenvalue weighted by Crippen LogP contribution is -2.05.